The van der Waals surface area contributed by atoms with Gasteiger partial charge in [0.1, 0.15) is 11.5 Å². The zero-order valence-corrected chi connectivity index (χ0v) is 17.6. The highest BCUT2D eigenvalue weighted by atomic mass is 32.1. The zero-order valence-electron chi connectivity index (χ0n) is 16.8. The minimum Gasteiger partial charge on any atom is -0.507 e. The van der Waals surface area contributed by atoms with E-state index in [1.165, 1.54) is 5.56 Å². The van der Waals surface area contributed by atoms with Crippen LogP contribution >= 0.6 is 11.3 Å². The molecule has 1 aromatic heterocycles. The highest BCUT2D eigenvalue weighted by Gasteiger charge is 2.11. The zero-order chi connectivity index (χ0) is 20.3. The highest BCUT2D eigenvalue weighted by Crippen LogP contribution is 2.25. The van der Waals surface area contributed by atoms with Crippen LogP contribution in [0.2, 0.25) is 0 Å². The van der Waals surface area contributed by atoms with Crippen LogP contribution in [0.15, 0.2) is 57.9 Å². The number of phenolic OH excluding ortho intramolecular Hbond substituents is 1. The monoisotopic (exact) mass is 395 g/mol. The van der Waals surface area contributed by atoms with Gasteiger partial charge in [0.2, 0.25) is 4.80 Å². The second-order valence-electron chi connectivity index (χ2n) is 6.87. The Hall–Kier alpha value is -2.86. The Kier molecular flexibility index (Phi) is 5.99. The Bertz CT molecular complexity index is 1060. The summed E-state index contributed by atoms with van der Waals surface area (Å²) in [5, 5.41) is 17.2. The number of thiazole rings is 1. The molecule has 0 fully saturated rings. The Morgan fingerprint density at radius 3 is 2.46 bits per heavy atom. The third-order valence-corrected chi connectivity index (χ3v) is 5.08. The average Bonchev–Trinajstić information content (AvgIpc) is 3.03. The second kappa shape index (κ2) is 8.44. The summed E-state index contributed by atoms with van der Waals surface area (Å²) in [6, 6.07) is 13.7. The van der Waals surface area contributed by atoms with Gasteiger partial charge < -0.3 is 9.84 Å². The molecule has 2 aromatic carbocycles. The minimum atomic E-state index is 0.135. The van der Waals surface area contributed by atoms with Crippen molar-refractivity contribution in [3.05, 3.63) is 63.8 Å². The molecule has 0 aliphatic rings. The predicted octanol–water partition coefficient (Wildman–Crippen LogP) is 4.82. The van der Waals surface area contributed by atoms with Gasteiger partial charge in [-0.15, -0.1) is 11.3 Å². The third-order valence-electron chi connectivity index (χ3n) is 4.25. The number of rotatable bonds is 5. The molecular formula is C22H25N3O2S. The van der Waals surface area contributed by atoms with Crippen molar-refractivity contribution in [2.75, 3.05) is 7.11 Å². The van der Waals surface area contributed by atoms with Crippen LogP contribution in [0, 0.1) is 6.92 Å². The first-order valence-electron chi connectivity index (χ1n) is 9.13. The Balaban J connectivity index is 2.15. The van der Waals surface area contributed by atoms with Crippen molar-refractivity contribution in [1.82, 2.24) is 4.68 Å². The van der Waals surface area contributed by atoms with Crippen molar-refractivity contribution in [3.8, 4) is 22.8 Å². The number of nitrogens with zero attached hydrogens (tertiary/aromatic N) is 3. The molecule has 3 aromatic rings. The van der Waals surface area contributed by atoms with Crippen LogP contribution in [0.3, 0.4) is 0 Å². The number of benzene rings is 2. The molecule has 0 bridgehead atoms. The lowest BCUT2D eigenvalue weighted by molar-refractivity contribution is 0.407. The van der Waals surface area contributed by atoms with E-state index in [1.807, 2.05) is 37.6 Å². The van der Waals surface area contributed by atoms with Gasteiger partial charge in [-0.3, -0.25) is 4.99 Å². The highest BCUT2D eigenvalue weighted by molar-refractivity contribution is 7.07. The number of hydrogen-bond acceptors (Lipinski definition) is 5. The number of phenols is 1. The lowest BCUT2D eigenvalue weighted by atomic mass is 10.1. The second-order valence-corrected chi connectivity index (χ2v) is 7.71. The molecule has 3 rings (SSSR count). The van der Waals surface area contributed by atoms with Crippen molar-refractivity contribution in [3.63, 3.8) is 0 Å². The van der Waals surface area contributed by atoms with Gasteiger partial charge in [-0.1, -0.05) is 29.8 Å². The first-order valence-corrected chi connectivity index (χ1v) is 10.0. The van der Waals surface area contributed by atoms with Gasteiger partial charge in [-0.2, -0.15) is 5.10 Å². The Labute approximate surface area is 169 Å². The molecule has 0 aliphatic heterocycles. The molecule has 5 nitrogen and oxygen atoms in total. The van der Waals surface area contributed by atoms with Gasteiger partial charge >= 0.3 is 0 Å². The summed E-state index contributed by atoms with van der Waals surface area (Å²) in [5.41, 5.74) is 4.60. The molecule has 1 heterocycles. The fourth-order valence-electron chi connectivity index (χ4n) is 2.78. The quantitative estimate of drug-likeness (QED) is 0.630. The summed E-state index contributed by atoms with van der Waals surface area (Å²) in [6.45, 7) is 8.03. The third kappa shape index (κ3) is 4.34. The van der Waals surface area contributed by atoms with E-state index in [4.69, 9.17) is 14.8 Å². The van der Waals surface area contributed by atoms with Crippen molar-refractivity contribution >= 4 is 17.0 Å². The van der Waals surface area contributed by atoms with Crippen LogP contribution in [-0.2, 0) is 0 Å². The number of aromatic hydroxyl groups is 1. The van der Waals surface area contributed by atoms with Crippen LogP contribution in [0.1, 0.15) is 31.9 Å². The minimum absolute atomic E-state index is 0.135. The molecule has 0 atom stereocenters. The van der Waals surface area contributed by atoms with Crippen LogP contribution in [0.4, 0.5) is 0 Å². The lowest BCUT2D eigenvalue weighted by Crippen LogP contribution is -2.16. The number of hydrogen-bond donors (Lipinski definition) is 1. The van der Waals surface area contributed by atoms with Crippen LogP contribution < -0.4 is 9.54 Å². The van der Waals surface area contributed by atoms with E-state index in [0.717, 1.165) is 16.1 Å². The number of methoxy groups -OCH3 is 1. The van der Waals surface area contributed by atoms with Gasteiger partial charge in [-0.25, -0.2) is 4.68 Å². The first kappa shape index (κ1) is 19.9. The number of ether oxygens (including phenoxy) is 1. The largest absolute Gasteiger partial charge is 0.507 e. The van der Waals surface area contributed by atoms with Gasteiger partial charge in [0.15, 0.2) is 0 Å². The van der Waals surface area contributed by atoms with Gasteiger partial charge in [0, 0.05) is 28.6 Å². The van der Waals surface area contributed by atoms with E-state index in [1.54, 1.807) is 24.5 Å². The summed E-state index contributed by atoms with van der Waals surface area (Å²) in [5.74, 6) is 0.740. The maximum atomic E-state index is 10.4. The Morgan fingerprint density at radius 2 is 1.86 bits per heavy atom. The number of aromatic nitrogens is 1. The van der Waals surface area contributed by atoms with Gasteiger partial charge in [-0.05, 0) is 39.8 Å². The van der Waals surface area contributed by atoms with E-state index in [-0.39, 0.29) is 11.8 Å². The van der Waals surface area contributed by atoms with E-state index in [2.05, 4.69) is 36.6 Å². The first-order chi connectivity index (χ1) is 13.4. The molecule has 0 spiro atoms. The van der Waals surface area contributed by atoms with Crippen molar-refractivity contribution < 1.29 is 9.84 Å². The van der Waals surface area contributed by atoms with Crippen LogP contribution in [0.5, 0.6) is 11.5 Å². The molecule has 0 aliphatic carbocycles. The molecule has 0 unspecified atom stereocenters. The van der Waals surface area contributed by atoms with Crippen molar-refractivity contribution in [2.45, 2.75) is 33.7 Å². The van der Waals surface area contributed by atoms with E-state index in [9.17, 15) is 5.11 Å². The molecule has 146 valence electrons. The lowest BCUT2D eigenvalue weighted by Gasteiger charge is -2.09. The van der Waals surface area contributed by atoms with Crippen molar-refractivity contribution in [1.29, 1.82) is 0 Å². The summed E-state index contributed by atoms with van der Waals surface area (Å²) in [7, 11) is 1.57. The molecule has 1 N–H and O–H groups in total. The van der Waals surface area contributed by atoms with Gasteiger partial charge in [0.05, 0.1) is 18.5 Å². The fraction of sp³-hybridized carbons (Fsp3) is 0.273. The van der Waals surface area contributed by atoms with E-state index in [0.29, 0.717) is 17.0 Å². The smallest absolute Gasteiger partial charge is 0.206 e. The van der Waals surface area contributed by atoms with Gasteiger partial charge in [0.25, 0.3) is 0 Å². The summed E-state index contributed by atoms with van der Waals surface area (Å²) >= 11 is 1.56. The molecule has 0 saturated heterocycles. The molecule has 6 heteroatoms. The summed E-state index contributed by atoms with van der Waals surface area (Å²) in [4.78, 5) is 5.53. The standard InChI is InChI=1S/C22H25N3O2S/c1-14(2)23-22-25(20(13-28-22)17-8-6-15(3)7-9-17)24-16(4)19-11-10-18(27-5)12-21(19)26/h6-14,26H,1-5H3. The van der Waals surface area contributed by atoms with Crippen LogP contribution in [0.25, 0.3) is 11.3 Å². The summed E-state index contributed by atoms with van der Waals surface area (Å²) in [6.07, 6.45) is 0. The van der Waals surface area contributed by atoms with E-state index < -0.39 is 0 Å². The maximum Gasteiger partial charge on any atom is 0.206 e. The number of aryl methyl sites for hydroxylation is 1. The average molecular weight is 396 g/mol. The Morgan fingerprint density at radius 1 is 1.14 bits per heavy atom. The molecule has 0 amide bonds. The molecular weight excluding hydrogens is 370 g/mol. The predicted molar refractivity (Wildman–Crippen MR) is 115 cm³/mol. The molecule has 0 saturated carbocycles. The fourth-order valence-corrected chi connectivity index (χ4v) is 3.74. The summed E-state index contributed by atoms with van der Waals surface area (Å²) < 4.78 is 7.02. The van der Waals surface area contributed by atoms with E-state index >= 15 is 0 Å². The van der Waals surface area contributed by atoms with Crippen LogP contribution in [-0.4, -0.2) is 28.6 Å². The molecule has 28 heavy (non-hydrogen) atoms. The normalized spacial score (nSPS) is 12.6. The topological polar surface area (TPSA) is 59.1 Å². The SMILES string of the molecule is COc1ccc(C(C)=Nn2c(-c3ccc(C)cc3)csc2=NC(C)C)c(O)c1. The molecule has 0 radical (unpaired) electrons. The van der Waals surface area contributed by atoms with Crippen molar-refractivity contribution in [2.24, 2.45) is 10.1 Å². The maximum absolute atomic E-state index is 10.4.